The van der Waals surface area contributed by atoms with Crippen LogP contribution in [0.1, 0.15) is 23.2 Å². The molecular formula is C13H14N2O4. The average Bonchev–Trinajstić information content (AvgIpc) is 2.84. The second-order valence-electron chi connectivity index (χ2n) is 4.41. The number of benzene rings is 1. The standard InChI is InChI=1S/C13H14N2O4/c1-15(12(17)10-6-7-11(16)14-10)9-4-2-8(3-5-9)13(18)19/h2-5,10H,6-7H2,1H3,(H,14,16)(H,18,19)/t10-/m1/s1. The van der Waals surface area contributed by atoms with Gasteiger partial charge in [0.05, 0.1) is 5.56 Å². The molecule has 2 rings (SSSR count). The lowest BCUT2D eigenvalue weighted by Crippen LogP contribution is -2.42. The van der Waals surface area contributed by atoms with Crippen molar-refractivity contribution in [1.29, 1.82) is 0 Å². The molecule has 6 nitrogen and oxygen atoms in total. The summed E-state index contributed by atoms with van der Waals surface area (Å²) in [7, 11) is 1.60. The number of carboxylic acid groups (broad SMARTS) is 1. The smallest absolute Gasteiger partial charge is 0.335 e. The number of hydrogen-bond donors (Lipinski definition) is 2. The van der Waals surface area contributed by atoms with Crippen LogP contribution in [0.15, 0.2) is 24.3 Å². The number of rotatable bonds is 3. The Bertz CT molecular complexity index is 524. The van der Waals surface area contributed by atoms with Crippen LogP contribution < -0.4 is 10.2 Å². The van der Waals surface area contributed by atoms with Gasteiger partial charge in [-0.25, -0.2) is 4.79 Å². The molecule has 2 amide bonds. The molecule has 2 N–H and O–H groups in total. The topological polar surface area (TPSA) is 86.7 Å². The molecule has 100 valence electrons. The lowest BCUT2D eigenvalue weighted by Gasteiger charge is -2.21. The molecule has 19 heavy (non-hydrogen) atoms. The fraction of sp³-hybridized carbons (Fsp3) is 0.308. The predicted molar refractivity (Wildman–Crippen MR) is 68.0 cm³/mol. The van der Waals surface area contributed by atoms with Crippen LogP contribution in [-0.4, -0.2) is 36.0 Å². The molecule has 1 saturated heterocycles. The van der Waals surface area contributed by atoms with Gasteiger partial charge in [-0.2, -0.15) is 0 Å². The SMILES string of the molecule is CN(C(=O)[C@H]1CCC(=O)N1)c1ccc(C(=O)O)cc1. The van der Waals surface area contributed by atoms with Crippen LogP contribution in [0.25, 0.3) is 0 Å². The second-order valence-corrected chi connectivity index (χ2v) is 4.41. The first kappa shape index (κ1) is 13.1. The molecule has 1 aliphatic heterocycles. The summed E-state index contributed by atoms with van der Waals surface area (Å²) in [6, 6.07) is 5.52. The summed E-state index contributed by atoms with van der Waals surface area (Å²) in [4.78, 5) is 35.3. The van der Waals surface area contributed by atoms with Crippen LogP contribution in [0, 0.1) is 0 Å². The Morgan fingerprint density at radius 3 is 2.42 bits per heavy atom. The lowest BCUT2D eigenvalue weighted by molar-refractivity contribution is -0.123. The Balaban J connectivity index is 2.10. The molecule has 0 aliphatic carbocycles. The van der Waals surface area contributed by atoms with Gasteiger partial charge >= 0.3 is 5.97 Å². The number of hydrogen-bond acceptors (Lipinski definition) is 3. The summed E-state index contributed by atoms with van der Waals surface area (Å²) >= 11 is 0. The highest BCUT2D eigenvalue weighted by Gasteiger charge is 2.29. The molecule has 1 aliphatic rings. The van der Waals surface area contributed by atoms with E-state index in [1.165, 1.54) is 17.0 Å². The van der Waals surface area contributed by atoms with Crippen LogP contribution in [0.3, 0.4) is 0 Å². The molecule has 1 atom stereocenters. The minimum Gasteiger partial charge on any atom is -0.478 e. The van der Waals surface area contributed by atoms with E-state index in [1.54, 1.807) is 19.2 Å². The molecule has 1 fully saturated rings. The predicted octanol–water partition coefficient (Wildman–Crippen LogP) is 0.626. The van der Waals surface area contributed by atoms with E-state index in [1.807, 2.05) is 0 Å². The van der Waals surface area contributed by atoms with E-state index in [2.05, 4.69) is 5.32 Å². The molecule has 0 aromatic heterocycles. The third-order valence-electron chi connectivity index (χ3n) is 3.13. The zero-order valence-corrected chi connectivity index (χ0v) is 10.4. The van der Waals surface area contributed by atoms with E-state index in [0.717, 1.165) is 0 Å². The Kier molecular flexibility index (Phi) is 3.50. The highest BCUT2D eigenvalue weighted by atomic mass is 16.4. The van der Waals surface area contributed by atoms with Crippen molar-refractivity contribution < 1.29 is 19.5 Å². The number of nitrogens with zero attached hydrogens (tertiary/aromatic N) is 1. The molecule has 1 aromatic rings. The molecule has 1 aromatic carbocycles. The number of aromatic carboxylic acids is 1. The van der Waals surface area contributed by atoms with Crippen molar-refractivity contribution in [3.63, 3.8) is 0 Å². The maximum Gasteiger partial charge on any atom is 0.335 e. The zero-order chi connectivity index (χ0) is 14.0. The summed E-state index contributed by atoms with van der Waals surface area (Å²) in [5.41, 5.74) is 0.759. The van der Waals surface area contributed by atoms with Gasteiger partial charge in [0, 0.05) is 19.2 Å². The molecule has 0 bridgehead atoms. The Hall–Kier alpha value is -2.37. The van der Waals surface area contributed by atoms with E-state index in [9.17, 15) is 14.4 Å². The first-order valence-electron chi connectivity index (χ1n) is 5.89. The van der Waals surface area contributed by atoms with Gasteiger partial charge in [-0.05, 0) is 30.7 Å². The van der Waals surface area contributed by atoms with E-state index in [0.29, 0.717) is 18.5 Å². The van der Waals surface area contributed by atoms with E-state index < -0.39 is 12.0 Å². The molecule has 1 heterocycles. The van der Waals surface area contributed by atoms with Crippen LogP contribution >= 0.6 is 0 Å². The number of carbonyl (C=O) groups excluding carboxylic acids is 2. The first-order valence-corrected chi connectivity index (χ1v) is 5.89. The molecule has 6 heteroatoms. The maximum absolute atomic E-state index is 12.1. The number of anilines is 1. The minimum absolute atomic E-state index is 0.118. The van der Waals surface area contributed by atoms with Gasteiger partial charge in [0.15, 0.2) is 0 Å². The van der Waals surface area contributed by atoms with Crippen molar-refractivity contribution in [2.24, 2.45) is 0 Å². The third-order valence-corrected chi connectivity index (χ3v) is 3.13. The molecule has 0 unspecified atom stereocenters. The van der Waals surface area contributed by atoms with Crippen molar-refractivity contribution in [2.45, 2.75) is 18.9 Å². The first-order chi connectivity index (χ1) is 8.99. The highest BCUT2D eigenvalue weighted by molar-refractivity contribution is 6.00. The third kappa shape index (κ3) is 2.73. The van der Waals surface area contributed by atoms with Gasteiger partial charge in [0.25, 0.3) is 0 Å². The van der Waals surface area contributed by atoms with Crippen molar-refractivity contribution in [1.82, 2.24) is 5.32 Å². The minimum atomic E-state index is -1.01. The summed E-state index contributed by atoms with van der Waals surface area (Å²) in [6.07, 6.45) is 0.859. The normalized spacial score (nSPS) is 17.9. The van der Waals surface area contributed by atoms with E-state index >= 15 is 0 Å². The molecular weight excluding hydrogens is 248 g/mol. The molecule has 0 spiro atoms. The van der Waals surface area contributed by atoms with Crippen molar-refractivity contribution in [2.75, 3.05) is 11.9 Å². The van der Waals surface area contributed by atoms with Gasteiger partial charge in [0.2, 0.25) is 11.8 Å². The van der Waals surface area contributed by atoms with Crippen molar-refractivity contribution in [3.05, 3.63) is 29.8 Å². The largest absolute Gasteiger partial charge is 0.478 e. The number of amides is 2. The number of likely N-dealkylation sites (N-methyl/N-ethyl adjacent to an activating group) is 1. The fourth-order valence-electron chi connectivity index (χ4n) is 1.99. The highest BCUT2D eigenvalue weighted by Crippen LogP contribution is 2.17. The number of carbonyl (C=O) groups is 3. The van der Waals surface area contributed by atoms with Gasteiger partial charge < -0.3 is 15.3 Å². The molecule has 0 saturated carbocycles. The Morgan fingerprint density at radius 1 is 1.32 bits per heavy atom. The summed E-state index contributed by atoms with van der Waals surface area (Å²) in [5, 5.41) is 11.4. The summed E-state index contributed by atoms with van der Waals surface area (Å²) < 4.78 is 0. The van der Waals surface area contributed by atoms with Gasteiger partial charge in [-0.3, -0.25) is 9.59 Å². The summed E-state index contributed by atoms with van der Waals surface area (Å²) in [6.45, 7) is 0. The van der Waals surface area contributed by atoms with Gasteiger partial charge in [0.1, 0.15) is 6.04 Å². The van der Waals surface area contributed by atoms with Gasteiger partial charge in [-0.1, -0.05) is 0 Å². The van der Waals surface area contributed by atoms with Crippen molar-refractivity contribution >= 4 is 23.5 Å². The quantitative estimate of drug-likeness (QED) is 0.836. The van der Waals surface area contributed by atoms with Crippen LogP contribution in [-0.2, 0) is 9.59 Å². The Labute approximate surface area is 110 Å². The van der Waals surface area contributed by atoms with Crippen LogP contribution in [0.2, 0.25) is 0 Å². The molecule has 0 radical (unpaired) electrons. The average molecular weight is 262 g/mol. The van der Waals surface area contributed by atoms with Gasteiger partial charge in [-0.15, -0.1) is 0 Å². The summed E-state index contributed by atoms with van der Waals surface area (Å²) in [5.74, 6) is -1.33. The lowest BCUT2D eigenvalue weighted by atomic mass is 10.1. The van der Waals surface area contributed by atoms with E-state index in [-0.39, 0.29) is 17.4 Å². The second kappa shape index (κ2) is 5.09. The monoisotopic (exact) mass is 262 g/mol. The fourth-order valence-corrected chi connectivity index (χ4v) is 1.99. The maximum atomic E-state index is 12.1. The van der Waals surface area contributed by atoms with Crippen LogP contribution in [0.4, 0.5) is 5.69 Å². The van der Waals surface area contributed by atoms with E-state index in [4.69, 9.17) is 5.11 Å². The Morgan fingerprint density at radius 2 is 1.95 bits per heavy atom. The van der Waals surface area contributed by atoms with Crippen molar-refractivity contribution in [3.8, 4) is 0 Å². The van der Waals surface area contributed by atoms with Crippen LogP contribution in [0.5, 0.6) is 0 Å². The zero-order valence-electron chi connectivity index (χ0n) is 10.4. The number of carboxylic acids is 1. The number of nitrogens with one attached hydrogen (secondary N) is 1.